The van der Waals surface area contributed by atoms with Gasteiger partial charge in [0.2, 0.25) is 6.29 Å². The standard InChI is InChI=1S/C10H19NO4/c1-5-6(2)9(11)10(14-7(3)13)15-8(5)4-12/h5-6,8-10,12H,4,11H2,1-3H3/t5-,6-,8?,9?,10+/m0/s1. The second kappa shape index (κ2) is 4.92. The number of hydrogen-bond donors (Lipinski definition) is 2. The van der Waals surface area contributed by atoms with Gasteiger partial charge in [0.05, 0.1) is 18.8 Å². The van der Waals surface area contributed by atoms with E-state index in [1.54, 1.807) is 0 Å². The van der Waals surface area contributed by atoms with Gasteiger partial charge in [0.25, 0.3) is 0 Å². The van der Waals surface area contributed by atoms with Gasteiger partial charge in [-0.05, 0) is 11.8 Å². The minimum absolute atomic E-state index is 0.0873. The van der Waals surface area contributed by atoms with Crippen LogP contribution in [-0.4, -0.2) is 36.1 Å². The Balaban J connectivity index is 2.69. The SMILES string of the molecule is CC(=O)O[C@@H]1OC(CO)[C@@H](C)[C@H](C)C1N. The first-order valence-electron chi connectivity index (χ1n) is 5.16. The summed E-state index contributed by atoms with van der Waals surface area (Å²) in [4.78, 5) is 10.8. The third-order valence-electron chi connectivity index (χ3n) is 3.11. The van der Waals surface area contributed by atoms with E-state index >= 15 is 0 Å². The van der Waals surface area contributed by atoms with Gasteiger partial charge in [-0.15, -0.1) is 0 Å². The van der Waals surface area contributed by atoms with Crippen LogP contribution in [0.3, 0.4) is 0 Å². The molecular weight excluding hydrogens is 198 g/mol. The van der Waals surface area contributed by atoms with Crippen molar-refractivity contribution in [3.8, 4) is 0 Å². The Bertz CT molecular complexity index is 231. The van der Waals surface area contributed by atoms with E-state index in [2.05, 4.69) is 0 Å². The van der Waals surface area contributed by atoms with Gasteiger partial charge in [0.15, 0.2) is 0 Å². The molecule has 0 bridgehead atoms. The Kier molecular flexibility index (Phi) is 4.07. The van der Waals surface area contributed by atoms with E-state index in [-0.39, 0.29) is 30.6 Å². The normalized spacial score (nSPS) is 41.3. The summed E-state index contributed by atoms with van der Waals surface area (Å²) in [7, 11) is 0. The van der Waals surface area contributed by atoms with E-state index in [4.69, 9.17) is 20.3 Å². The Morgan fingerprint density at radius 3 is 2.53 bits per heavy atom. The maximum atomic E-state index is 10.8. The number of esters is 1. The fraction of sp³-hybridized carbons (Fsp3) is 0.900. The van der Waals surface area contributed by atoms with E-state index in [0.29, 0.717) is 0 Å². The molecule has 2 unspecified atom stereocenters. The Labute approximate surface area is 89.5 Å². The van der Waals surface area contributed by atoms with Crippen LogP contribution in [0.5, 0.6) is 0 Å². The van der Waals surface area contributed by atoms with Crippen molar-refractivity contribution in [2.75, 3.05) is 6.61 Å². The highest BCUT2D eigenvalue weighted by Crippen LogP contribution is 2.29. The smallest absolute Gasteiger partial charge is 0.304 e. The Hall–Kier alpha value is -0.650. The zero-order chi connectivity index (χ0) is 11.6. The second-order valence-electron chi connectivity index (χ2n) is 4.13. The predicted molar refractivity (Wildman–Crippen MR) is 53.8 cm³/mol. The minimum Gasteiger partial charge on any atom is -0.434 e. The summed E-state index contributed by atoms with van der Waals surface area (Å²) in [5.74, 6) is -0.133. The summed E-state index contributed by atoms with van der Waals surface area (Å²) in [6.07, 6.45) is -1.06. The van der Waals surface area contributed by atoms with E-state index in [9.17, 15) is 4.79 Å². The molecule has 5 nitrogen and oxygen atoms in total. The summed E-state index contributed by atoms with van der Waals surface area (Å²) in [5, 5.41) is 9.11. The maximum absolute atomic E-state index is 10.8. The van der Waals surface area contributed by atoms with Crippen molar-refractivity contribution in [3.05, 3.63) is 0 Å². The first-order chi connectivity index (χ1) is 6.97. The van der Waals surface area contributed by atoms with E-state index in [1.807, 2.05) is 13.8 Å². The topological polar surface area (TPSA) is 81.8 Å². The second-order valence-corrected chi connectivity index (χ2v) is 4.13. The Morgan fingerprint density at radius 2 is 2.07 bits per heavy atom. The van der Waals surface area contributed by atoms with Gasteiger partial charge in [-0.3, -0.25) is 4.79 Å². The lowest BCUT2D eigenvalue weighted by Gasteiger charge is -2.41. The summed E-state index contributed by atoms with van der Waals surface area (Å²) < 4.78 is 10.4. The number of carbonyl (C=O) groups excluding carboxylic acids is 1. The Morgan fingerprint density at radius 1 is 1.47 bits per heavy atom. The van der Waals surface area contributed by atoms with Crippen LogP contribution in [0.1, 0.15) is 20.8 Å². The van der Waals surface area contributed by atoms with Crippen molar-refractivity contribution >= 4 is 5.97 Å². The fourth-order valence-corrected chi connectivity index (χ4v) is 1.80. The lowest BCUT2D eigenvalue weighted by Crippen LogP contribution is -2.55. The van der Waals surface area contributed by atoms with Crippen molar-refractivity contribution in [2.24, 2.45) is 17.6 Å². The average Bonchev–Trinajstić information content (AvgIpc) is 2.18. The number of ether oxygens (including phenoxy) is 2. The quantitative estimate of drug-likeness (QED) is 0.629. The fourth-order valence-electron chi connectivity index (χ4n) is 1.80. The molecule has 88 valence electrons. The van der Waals surface area contributed by atoms with Crippen LogP contribution in [0.2, 0.25) is 0 Å². The molecule has 0 saturated carbocycles. The first kappa shape index (κ1) is 12.4. The van der Waals surface area contributed by atoms with E-state index in [1.165, 1.54) is 6.92 Å². The maximum Gasteiger partial charge on any atom is 0.304 e. The zero-order valence-corrected chi connectivity index (χ0v) is 9.34. The number of nitrogens with two attached hydrogens (primary N) is 1. The highest BCUT2D eigenvalue weighted by atomic mass is 16.7. The first-order valence-corrected chi connectivity index (χ1v) is 5.16. The molecular formula is C10H19NO4. The lowest BCUT2D eigenvalue weighted by molar-refractivity contribution is -0.232. The molecule has 3 N–H and O–H groups in total. The molecule has 0 aromatic heterocycles. The van der Waals surface area contributed by atoms with Crippen molar-refractivity contribution < 1.29 is 19.4 Å². The van der Waals surface area contributed by atoms with Crippen LogP contribution in [0, 0.1) is 11.8 Å². The lowest BCUT2D eigenvalue weighted by atomic mass is 9.83. The monoisotopic (exact) mass is 217 g/mol. The summed E-state index contributed by atoms with van der Waals surface area (Å²) in [6.45, 7) is 5.16. The van der Waals surface area contributed by atoms with Gasteiger partial charge in [-0.1, -0.05) is 13.8 Å². The van der Waals surface area contributed by atoms with Crippen molar-refractivity contribution in [3.63, 3.8) is 0 Å². The molecule has 0 aromatic carbocycles. The molecule has 0 aromatic rings. The molecule has 0 radical (unpaired) electrons. The van der Waals surface area contributed by atoms with Gasteiger partial charge in [-0.25, -0.2) is 0 Å². The third kappa shape index (κ3) is 2.68. The van der Waals surface area contributed by atoms with Gasteiger partial charge in [-0.2, -0.15) is 0 Å². The summed E-state index contributed by atoms with van der Waals surface area (Å²) >= 11 is 0. The average molecular weight is 217 g/mol. The molecule has 5 atom stereocenters. The van der Waals surface area contributed by atoms with Crippen LogP contribution >= 0.6 is 0 Å². The van der Waals surface area contributed by atoms with Gasteiger partial charge >= 0.3 is 5.97 Å². The van der Waals surface area contributed by atoms with E-state index < -0.39 is 12.3 Å². The van der Waals surface area contributed by atoms with Crippen LogP contribution < -0.4 is 5.73 Å². The highest BCUT2D eigenvalue weighted by molar-refractivity contribution is 5.66. The van der Waals surface area contributed by atoms with Gasteiger partial charge in [0, 0.05) is 6.92 Å². The third-order valence-corrected chi connectivity index (χ3v) is 3.11. The molecule has 5 heteroatoms. The molecule has 1 heterocycles. The van der Waals surface area contributed by atoms with Crippen LogP contribution in [0.4, 0.5) is 0 Å². The molecule has 0 spiro atoms. The summed E-state index contributed by atoms with van der Waals surface area (Å²) in [5.41, 5.74) is 5.89. The van der Waals surface area contributed by atoms with Crippen molar-refractivity contribution in [2.45, 2.75) is 39.2 Å². The number of aliphatic hydroxyl groups is 1. The molecule has 1 saturated heterocycles. The number of hydrogen-bond acceptors (Lipinski definition) is 5. The van der Waals surface area contributed by atoms with Crippen molar-refractivity contribution in [1.82, 2.24) is 0 Å². The molecule has 0 aliphatic carbocycles. The molecule has 1 rings (SSSR count). The largest absolute Gasteiger partial charge is 0.434 e. The molecule has 1 aliphatic heterocycles. The van der Waals surface area contributed by atoms with Crippen LogP contribution in [-0.2, 0) is 14.3 Å². The van der Waals surface area contributed by atoms with Crippen molar-refractivity contribution in [1.29, 1.82) is 0 Å². The molecule has 0 amide bonds. The minimum atomic E-state index is -0.745. The van der Waals surface area contributed by atoms with Gasteiger partial charge < -0.3 is 20.3 Å². The highest BCUT2D eigenvalue weighted by Gasteiger charge is 2.40. The van der Waals surface area contributed by atoms with Crippen LogP contribution in [0.15, 0.2) is 0 Å². The molecule has 1 aliphatic rings. The number of aliphatic hydroxyl groups excluding tert-OH is 1. The zero-order valence-electron chi connectivity index (χ0n) is 9.34. The van der Waals surface area contributed by atoms with Gasteiger partial charge in [0.1, 0.15) is 0 Å². The predicted octanol–water partition coefficient (Wildman–Crippen LogP) is -0.134. The number of carbonyl (C=O) groups is 1. The summed E-state index contributed by atoms with van der Waals surface area (Å²) in [6, 6.07) is -0.341. The van der Waals surface area contributed by atoms with Crippen LogP contribution in [0.25, 0.3) is 0 Å². The molecule has 1 fully saturated rings. The molecule has 15 heavy (non-hydrogen) atoms. The van der Waals surface area contributed by atoms with E-state index in [0.717, 1.165) is 0 Å². The number of rotatable bonds is 2.